The van der Waals surface area contributed by atoms with Crippen molar-refractivity contribution in [3.05, 3.63) is 12.2 Å². The fourth-order valence-corrected chi connectivity index (χ4v) is 4.87. The van der Waals surface area contributed by atoms with Crippen LogP contribution in [-0.4, -0.2) is 47.4 Å². The van der Waals surface area contributed by atoms with Crippen molar-refractivity contribution in [1.82, 2.24) is 9.80 Å². The second-order valence-electron chi connectivity index (χ2n) is 6.40. The minimum absolute atomic E-state index is 0.364. The number of carbonyl (C=O) groups excluding carboxylic acids is 1. The van der Waals surface area contributed by atoms with Crippen molar-refractivity contribution < 1.29 is 4.79 Å². The molecule has 0 saturated carbocycles. The lowest BCUT2D eigenvalue weighted by Gasteiger charge is -2.57. The zero-order chi connectivity index (χ0) is 12.1. The summed E-state index contributed by atoms with van der Waals surface area (Å²) in [6.45, 7) is 3.61. The molecule has 18 heavy (non-hydrogen) atoms. The SMILES string of the molecule is O=C1CC=C[C@@H]2[C@H]3CCCN4CCC[C@@H](CN12)[C@@H]34. The second-order valence-corrected chi connectivity index (χ2v) is 6.40. The lowest BCUT2D eigenvalue weighted by atomic mass is 9.69. The third-order valence-electron chi connectivity index (χ3n) is 5.52. The third kappa shape index (κ3) is 1.49. The molecule has 4 aliphatic rings. The molecule has 0 radical (unpaired) electrons. The van der Waals surface area contributed by atoms with E-state index >= 15 is 0 Å². The highest BCUT2D eigenvalue weighted by Crippen LogP contribution is 2.43. The molecule has 3 fully saturated rings. The fraction of sp³-hybridized carbons (Fsp3) is 0.800. The topological polar surface area (TPSA) is 23.6 Å². The molecule has 3 nitrogen and oxygen atoms in total. The highest BCUT2D eigenvalue weighted by atomic mass is 16.2. The number of carbonyl (C=O) groups is 1. The molecule has 0 aromatic heterocycles. The molecule has 0 aromatic carbocycles. The summed E-state index contributed by atoms with van der Waals surface area (Å²) in [5.74, 6) is 1.82. The summed E-state index contributed by atoms with van der Waals surface area (Å²) < 4.78 is 0. The first-order chi connectivity index (χ1) is 8.84. The van der Waals surface area contributed by atoms with Crippen molar-refractivity contribution in [3.63, 3.8) is 0 Å². The second kappa shape index (κ2) is 4.09. The Hall–Kier alpha value is -0.830. The normalized spacial score (nSPS) is 43.6. The standard InChI is InChI=1S/C15H22N2O/c18-14-7-1-6-13-12-5-3-9-16-8-2-4-11(15(12)16)10-17(13)14/h1,6,11-13,15H,2-5,7-10H2/t11-,12+,13+,15-/m0/s1. The van der Waals surface area contributed by atoms with Crippen molar-refractivity contribution in [2.24, 2.45) is 11.8 Å². The molecule has 0 aromatic rings. The molecule has 3 saturated heterocycles. The Morgan fingerprint density at radius 1 is 1.17 bits per heavy atom. The quantitative estimate of drug-likeness (QED) is 0.607. The Kier molecular flexibility index (Phi) is 2.51. The van der Waals surface area contributed by atoms with Gasteiger partial charge in [-0.15, -0.1) is 0 Å². The summed E-state index contributed by atoms with van der Waals surface area (Å²) in [7, 11) is 0. The molecular formula is C15H22N2O. The van der Waals surface area contributed by atoms with Gasteiger partial charge in [-0.2, -0.15) is 0 Å². The average Bonchev–Trinajstić information content (AvgIpc) is 2.41. The summed E-state index contributed by atoms with van der Waals surface area (Å²) in [4.78, 5) is 17.0. The van der Waals surface area contributed by atoms with Crippen molar-refractivity contribution >= 4 is 5.91 Å². The van der Waals surface area contributed by atoms with Crippen LogP contribution in [0.1, 0.15) is 32.1 Å². The summed E-state index contributed by atoms with van der Waals surface area (Å²) in [6, 6.07) is 1.18. The molecule has 4 heterocycles. The molecule has 0 unspecified atom stereocenters. The average molecular weight is 246 g/mol. The lowest BCUT2D eigenvalue weighted by Crippen LogP contribution is -2.65. The maximum Gasteiger partial charge on any atom is 0.226 e. The van der Waals surface area contributed by atoms with E-state index in [1.54, 1.807) is 0 Å². The third-order valence-corrected chi connectivity index (χ3v) is 5.52. The summed E-state index contributed by atoms with van der Waals surface area (Å²) in [5, 5.41) is 0. The first-order valence-electron chi connectivity index (χ1n) is 7.55. The minimum Gasteiger partial charge on any atom is -0.335 e. The molecule has 3 heteroatoms. The fourth-order valence-electron chi connectivity index (χ4n) is 4.87. The molecule has 4 atom stereocenters. The smallest absolute Gasteiger partial charge is 0.226 e. The van der Waals surface area contributed by atoms with Gasteiger partial charge in [-0.3, -0.25) is 9.69 Å². The Labute approximate surface area is 109 Å². The van der Waals surface area contributed by atoms with Crippen LogP contribution in [0.5, 0.6) is 0 Å². The van der Waals surface area contributed by atoms with Crippen LogP contribution in [0.15, 0.2) is 12.2 Å². The van der Waals surface area contributed by atoms with Crippen molar-refractivity contribution in [2.45, 2.75) is 44.2 Å². The number of hydrogen-bond acceptors (Lipinski definition) is 2. The van der Waals surface area contributed by atoms with Gasteiger partial charge in [0.05, 0.1) is 6.04 Å². The van der Waals surface area contributed by atoms with E-state index in [9.17, 15) is 4.79 Å². The zero-order valence-corrected chi connectivity index (χ0v) is 10.9. The summed E-state index contributed by atoms with van der Waals surface area (Å²) >= 11 is 0. The molecular weight excluding hydrogens is 224 g/mol. The summed E-state index contributed by atoms with van der Waals surface area (Å²) in [6.07, 6.45) is 10.3. The van der Waals surface area contributed by atoms with Crippen LogP contribution in [0.4, 0.5) is 0 Å². The largest absolute Gasteiger partial charge is 0.335 e. The predicted octanol–water partition coefficient (Wildman–Crippen LogP) is 1.65. The predicted molar refractivity (Wildman–Crippen MR) is 70.1 cm³/mol. The molecule has 0 spiro atoms. The van der Waals surface area contributed by atoms with Gasteiger partial charge < -0.3 is 4.90 Å². The highest BCUT2D eigenvalue weighted by Gasteiger charge is 2.49. The van der Waals surface area contributed by atoms with Gasteiger partial charge in [0.1, 0.15) is 0 Å². The van der Waals surface area contributed by atoms with Crippen LogP contribution in [-0.2, 0) is 4.79 Å². The van der Waals surface area contributed by atoms with E-state index in [4.69, 9.17) is 0 Å². The molecule has 0 bridgehead atoms. The van der Waals surface area contributed by atoms with Gasteiger partial charge in [-0.25, -0.2) is 0 Å². The van der Waals surface area contributed by atoms with Crippen LogP contribution in [0, 0.1) is 11.8 Å². The van der Waals surface area contributed by atoms with Crippen molar-refractivity contribution in [3.8, 4) is 0 Å². The first-order valence-corrected chi connectivity index (χ1v) is 7.55. The number of piperidine rings is 3. The molecule has 4 aliphatic heterocycles. The van der Waals surface area contributed by atoms with Crippen molar-refractivity contribution in [2.75, 3.05) is 19.6 Å². The van der Waals surface area contributed by atoms with Crippen LogP contribution in [0.3, 0.4) is 0 Å². The number of amides is 1. The number of fused-ring (bicyclic) bond motifs is 2. The highest BCUT2D eigenvalue weighted by molar-refractivity contribution is 5.79. The van der Waals surface area contributed by atoms with E-state index in [0.29, 0.717) is 24.3 Å². The lowest BCUT2D eigenvalue weighted by molar-refractivity contribution is -0.143. The van der Waals surface area contributed by atoms with Gasteiger partial charge in [-0.1, -0.05) is 12.2 Å². The van der Waals surface area contributed by atoms with E-state index < -0.39 is 0 Å². The minimum atomic E-state index is 0.364. The zero-order valence-electron chi connectivity index (χ0n) is 10.9. The number of hydrogen-bond donors (Lipinski definition) is 0. The van der Waals surface area contributed by atoms with Crippen LogP contribution >= 0.6 is 0 Å². The van der Waals surface area contributed by atoms with E-state index in [2.05, 4.69) is 22.0 Å². The maximum atomic E-state index is 12.1. The molecule has 1 amide bonds. The van der Waals surface area contributed by atoms with Gasteiger partial charge >= 0.3 is 0 Å². The Balaban J connectivity index is 1.69. The summed E-state index contributed by atoms with van der Waals surface area (Å²) in [5.41, 5.74) is 0. The first kappa shape index (κ1) is 11.0. The van der Waals surface area contributed by atoms with Gasteiger partial charge in [0.2, 0.25) is 5.91 Å². The van der Waals surface area contributed by atoms with Crippen LogP contribution in [0.25, 0.3) is 0 Å². The molecule has 0 aliphatic carbocycles. The van der Waals surface area contributed by atoms with E-state index in [1.807, 2.05) is 0 Å². The van der Waals surface area contributed by atoms with Crippen molar-refractivity contribution in [1.29, 1.82) is 0 Å². The van der Waals surface area contributed by atoms with Gasteiger partial charge in [0.15, 0.2) is 0 Å². The van der Waals surface area contributed by atoms with E-state index in [1.165, 1.54) is 38.8 Å². The molecule has 98 valence electrons. The number of rotatable bonds is 0. The Morgan fingerprint density at radius 3 is 2.89 bits per heavy atom. The van der Waals surface area contributed by atoms with E-state index in [-0.39, 0.29) is 0 Å². The van der Waals surface area contributed by atoms with Gasteiger partial charge in [0.25, 0.3) is 0 Å². The van der Waals surface area contributed by atoms with Gasteiger partial charge in [-0.05, 0) is 50.6 Å². The molecule has 4 rings (SSSR count). The maximum absolute atomic E-state index is 12.1. The van der Waals surface area contributed by atoms with Gasteiger partial charge in [0, 0.05) is 19.0 Å². The van der Waals surface area contributed by atoms with E-state index in [0.717, 1.165) is 18.5 Å². The van der Waals surface area contributed by atoms with Crippen LogP contribution < -0.4 is 0 Å². The number of nitrogens with zero attached hydrogens (tertiary/aromatic N) is 2. The molecule has 0 N–H and O–H groups in total. The Morgan fingerprint density at radius 2 is 2.00 bits per heavy atom. The Bertz CT molecular complexity index is 390. The monoisotopic (exact) mass is 246 g/mol. The van der Waals surface area contributed by atoms with Crippen LogP contribution in [0.2, 0.25) is 0 Å².